The van der Waals surface area contributed by atoms with Gasteiger partial charge in [-0.1, -0.05) is 19.8 Å². The van der Waals surface area contributed by atoms with Crippen LogP contribution in [0.3, 0.4) is 0 Å². The number of carbonyl (C=O) groups is 1. The Kier molecular flexibility index (Phi) is 7.61. The summed E-state index contributed by atoms with van der Waals surface area (Å²) in [6.07, 6.45) is 2.34. The number of anilines is 1. The van der Waals surface area contributed by atoms with Crippen LogP contribution in [0.15, 0.2) is 23.6 Å². The number of hydrogen-bond donors (Lipinski definition) is 1. The molecule has 7 nitrogen and oxygen atoms in total. The third kappa shape index (κ3) is 6.21. The molecule has 0 aliphatic carbocycles. The Morgan fingerprint density at radius 1 is 1.19 bits per heavy atom. The zero-order chi connectivity index (χ0) is 19.9. The third-order valence-corrected chi connectivity index (χ3v) is 6.21. The Hall–Kier alpha value is -2.13. The van der Waals surface area contributed by atoms with Crippen LogP contribution in [0.25, 0.3) is 11.3 Å². The summed E-state index contributed by atoms with van der Waals surface area (Å²) in [7, 11) is -0.290. The van der Waals surface area contributed by atoms with Crippen molar-refractivity contribution >= 4 is 32.2 Å². The highest BCUT2D eigenvalue weighted by Gasteiger charge is 2.18. The van der Waals surface area contributed by atoms with E-state index in [2.05, 4.69) is 10.3 Å². The van der Waals surface area contributed by atoms with Gasteiger partial charge in [0.2, 0.25) is 5.91 Å². The molecule has 1 N–H and O–H groups in total. The third-order valence-electron chi connectivity index (χ3n) is 3.84. The minimum absolute atomic E-state index is 0.0308. The fourth-order valence-corrected chi connectivity index (χ4v) is 4.45. The normalized spacial score (nSPS) is 11.2. The first-order chi connectivity index (χ1) is 12.9. The molecule has 1 aromatic carbocycles. The summed E-state index contributed by atoms with van der Waals surface area (Å²) >= 11 is 1.23. The molecule has 1 aromatic heterocycles. The van der Waals surface area contributed by atoms with Crippen molar-refractivity contribution in [2.24, 2.45) is 0 Å². The van der Waals surface area contributed by atoms with Crippen molar-refractivity contribution < 1.29 is 22.7 Å². The van der Waals surface area contributed by atoms with Crippen molar-refractivity contribution in [2.45, 2.75) is 26.2 Å². The molecule has 2 aromatic rings. The molecule has 0 aliphatic rings. The first kappa shape index (κ1) is 21.2. The standard InChI is InChI=1S/C18H24N2O5S2/c1-4-5-6-9-27(22,23)12-17(21)20-18-19-14(11-26-18)13-7-8-15(24-2)16(10-13)25-3/h7-8,10-11H,4-6,9,12H2,1-3H3,(H,19,20,21). The topological polar surface area (TPSA) is 94.6 Å². The number of benzene rings is 1. The second-order valence-corrected chi connectivity index (χ2v) is 9.00. The lowest BCUT2D eigenvalue weighted by Gasteiger charge is -2.08. The first-order valence-corrected chi connectivity index (χ1v) is 11.3. The SMILES string of the molecule is CCCCCS(=O)(=O)CC(=O)Nc1nc(-c2ccc(OC)c(OC)c2)cs1. The quantitative estimate of drug-likeness (QED) is 0.601. The van der Waals surface area contributed by atoms with Crippen LogP contribution in [0.1, 0.15) is 26.2 Å². The summed E-state index contributed by atoms with van der Waals surface area (Å²) in [5.74, 6) is 0.120. The van der Waals surface area contributed by atoms with Crippen molar-refractivity contribution in [1.29, 1.82) is 0 Å². The maximum Gasteiger partial charge on any atom is 0.241 e. The van der Waals surface area contributed by atoms with E-state index >= 15 is 0 Å². The zero-order valence-corrected chi connectivity index (χ0v) is 17.3. The molecule has 9 heteroatoms. The number of ether oxygens (including phenoxy) is 2. The van der Waals surface area contributed by atoms with E-state index in [1.165, 1.54) is 11.3 Å². The number of rotatable bonds is 10. The molecular weight excluding hydrogens is 388 g/mol. The molecule has 148 valence electrons. The molecule has 0 fully saturated rings. The number of hydrogen-bond acceptors (Lipinski definition) is 7. The highest BCUT2D eigenvalue weighted by Crippen LogP contribution is 2.33. The summed E-state index contributed by atoms with van der Waals surface area (Å²) in [5.41, 5.74) is 1.46. The summed E-state index contributed by atoms with van der Waals surface area (Å²) in [4.78, 5) is 16.4. The Morgan fingerprint density at radius 3 is 2.59 bits per heavy atom. The molecule has 0 spiro atoms. The van der Waals surface area contributed by atoms with Gasteiger partial charge in [-0.05, 0) is 24.6 Å². The fraction of sp³-hybridized carbons (Fsp3) is 0.444. The molecule has 0 saturated heterocycles. The van der Waals surface area contributed by atoms with Crippen LogP contribution in [0.5, 0.6) is 11.5 Å². The van der Waals surface area contributed by atoms with Gasteiger partial charge in [0.15, 0.2) is 26.5 Å². The van der Waals surface area contributed by atoms with Crippen molar-refractivity contribution in [1.82, 2.24) is 4.98 Å². The van der Waals surface area contributed by atoms with Crippen LogP contribution in [0, 0.1) is 0 Å². The average Bonchev–Trinajstić information content (AvgIpc) is 3.08. The number of methoxy groups -OCH3 is 2. The number of amides is 1. The van der Waals surface area contributed by atoms with Gasteiger partial charge < -0.3 is 14.8 Å². The van der Waals surface area contributed by atoms with Gasteiger partial charge in [-0.15, -0.1) is 11.3 Å². The minimum Gasteiger partial charge on any atom is -0.493 e. The molecule has 0 unspecified atom stereocenters. The number of thiazole rings is 1. The number of sulfone groups is 1. The Bertz CT molecular complexity index is 878. The van der Waals surface area contributed by atoms with Crippen LogP contribution in [0.4, 0.5) is 5.13 Å². The molecule has 0 saturated carbocycles. The van der Waals surface area contributed by atoms with Gasteiger partial charge in [-0.25, -0.2) is 13.4 Å². The smallest absolute Gasteiger partial charge is 0.241 e. The lowest BCUT2D eigenvalue weighted by atomic mass is 10.1. The maximum absolute atomic E-state index is 12.0. The Balaban J connectivity index is 2.02. The largest absolute Gasteiger partial charge is 0.493 e. The Labute approximate surface area is 163 Å². The van der Waals surface area contributed by atoms with Gasteiger partial charge in [-0.2, -0.15) is 0 Å². The number of nitrogens with one attached hydrogen (secondary N) is 1. The van der Waals surface area contributed by atoms with Gasteiger partial charge >= 0.3 is 0 Å². The molecular formula is C18H24N2O5S2. The maximum atomic E-state index is 12.0. The lowest BCUT2D eigenvalue weighted by molar-refractivity contribution is -0.113. The van der Waals surface area contributed by atoms with Gasteiger partial charge in [-0.3, -0.25) is 4.79 Å². The van der Waals surface area contributed by atoms with Gasteiger partial charge in [0.25, 0.3) is 0 Å². The van der Waals surface area contributed by atoms with E-state index in [4.69, 9.17) is 9.47 Å². The van der Waals surface area contributed by atoms with E-state index in [-0.39, 0.29) is 5.75 Å². The van der Waals surface area contributed by atoms with E-state index in [0.717, 1.165) is 18.4 Å². The predicted molar refractivity (Wildman–Crippen MR) is 107 cm³/mol. The predicted octanol–water partition coefficient (Wildman–Crippen LogP) is 3.37. The zero-order valence-electron chi connectivity index (χ0n) is 15.6. The highest BCUT2D eigenvalue weighted by atomic mass is 32.2. The lowest BCUT2D eigenvalue weighted by Crippen LogP contribution is -2.24. The second kappa shape index (κ2) is 9.70. The molecule has 0 bridgehead atoms. The van der Waals surface area contributed by atoms with Crippen molar-refractivity contribution in [3.63, 3.8) is 0 Å². The molecule has 1 heterocycles. The number of carbonyl (C=O) groups excluding carboxylic acids is 1. The van der Waals surface area contributed by atoms with E-state index in [9.17, 15) is 13.2 Å². The molecule has 0 radical (unpaired) electrons. The number of nitrogens with zero attached hydrogens (tertiary/aromatic N) is 1. The molecule has 2 rings (SSSR count). The van der Waals surface area contributed by atoms with E-state index in [0.29, 0.717) is 28.7 Å². The molecule has 1 amide bonds. The monoisotopic (exact) mass is 412 g/mol. The number of aromatic nitrogens is 1. The van der Waals surface area contributed by atoms with Crippen molar-refractivity contribution in [2.75, 3.05) is 31.0 Å². The summed E-state index contributed by atoms with van der Waals surface area (Å²) in [6.45, 7) is 2.00. The Morgan fingerprint density at radius 2 is 1.93 bits per heavy atom. The first-order valence-electron chi connectivity index (χ1n) is 8.56. The highest BCUT2D eigenvalue weighted by molar-refractivity contribution is 7.92. The van der Waals surface area contributed by atoms with Gasteiger partial charge in [0, 0.05) is 10.9 Å². The minimum atomic E-state index is -3.40. The van der Waals surface area contributed by atoms with Crippen LogP contribution < -0.4 is 14.8 Å². The van der Waals surface area contributed by atoms with Crippen LogP contribution in [-0.2, 0) is 14.6 Å². The molecule has 0 atom stereocenters. The van der Waals surface area contributed by atoms with Crippen LogP contribution in [0.2, 0.25) is 0 Å². The van der Waals surface area contributed by atoms with E-state index in [1.807, 2.05) is 13.0 Å². The molecule has 0 aliphatic heterocycles. The second-order valence-electron chi connectivity index (χ2n) is 5.95. The molecule has 27 heavy (non-hydrogen) atoms. The van der Waals surface area contributed by atoms with Crippen LogP contribution >= 0.6 is 11.3 Å². The van der Waals surface area contributed by atoms with Crippen LogP contribution in [-0.4, -0.2) is 45.0 Å². The van der Waals surface area contributed by atoms with Crippen molar-refractivity contribution in [3.8, 4) is 22.8 Å². The summed E-state index contributed by atoms with van der Waals surface area (Å²) in [6, 6.07) is 5.40. The van der Waals surface area contributed by atoms with Gasteiger partial charge in [0.05, 0.1) is 25.7 Å². The van der Waals surface area contributed by atoms with Crippen molar-refractivity contribution in [3.05, 3.63) is 23.6 Å². The van der Waals surface area contributed by atoms with Gasteiger partial charge in [0.1, 0.15) is 5.75 Å². The summed E-state index contributed by atoms with van der Waals surface area (Å²) < 4.78 is 34.4. The average molecular weight is 413 g/mol. The number of unbranched alkanes of at least 4 members (excludes halogenated alkanes) is 2. The fourth-order valence-electron chi connectivity index (χ4n) is 2.46. The van der Waals surface area contributed by atoms with E-state index in [1.54, 1.807) is 31.7 Å². The summed E-state index contributed by atoms with van der Waals surface area (Å²) in [5, 5.41) is 4.70. The van der Waals surface area contributed by atoms with E-state index < -0.39 is 21.5 Å².